The molecule has 0 aromatic rings. The van der Waals surface area contributed by atoms with Crippen LogP contribution in [0.2, 0.25) is 0 Å². The zero-order valence-corrected chi connectivity index (χ0v) is 19.3. The van der Waals surface area contributed by atoms with Gasteiger partial charge in [0.25, 0.3) is 0 Å². The summed E-state index contributed by atoms with van der Waals surface area (Å²) in [6.07, 6.45) is 8.92. The van der Waals surface area contributed by atoms with E-state index >= 15 is 0 Å². The smallest absolute Gasteiger partial charge is 0.408 e. The molecule has 4 amide bonds. The number of nitrogens with one attached hydrogen (secondary N) is 2. The maximum absolute atomic E-state index is 13.4. The van der Waals surface area contributed by atoms with Crippen LogP contribution in [0.4, 0.5) is 4.79 Å². The van der Waals surface area contributed by atoms with Crippen molar-refractivity contribution in [2.75, 3.05) is 6.54 Å². The summed E-state index contributed by atoms with van der Waals surface area (Å²) in [4.78, 5) is 52.5. The molecule has 1 aliphatic carbocycles. The molecule has 0 aromatic carbocycles. The minimum absolute atomic E-state index is 0.110. The Morgan fingerprint density at radius 3 is 2.62 bits per heavy atom. The average Bonchev–Trinajstić information content (AvgIpc) is 3.16. The number of ether oxygens (including phenoxy) is 1. The number of carbonyl (C=O) groups is 4. The highest BCUT2D eigenvalue weighted by molar-refractivity contribution is 5.97. The van der Waals surface area contributed by atoms with Gasteiger partial charge in [0.05, 0.1) is 0 Å². The van der Waals surface area contributed by atoms with Crippen LogP contribution in [-0.4, -0.2) is 58.5 Å². The van der Waals surface area contributed by atoms with Crippen LogP contribution in [0.25, 0.3) is 0 Å². The predicted molar refractivity (Wildman–Crippen MR) is 118 cm³/mol. The van der Waals surface area contributed by atoms with Crippen molar-refractivity contribution < 1.29 is 23.9 Å². The number of hydrogen-bond acceptors (Lipinski definition) is 5. The van der Waals surface area contributed by atoms with Crippen molar-refractivity contribution in [2.24, 2.45) is 11.7 Å². The molecule has 2 fully saturated rings. The van der Waals surface area contributed by atoms with E-state index in [-0.39, 0.29) is 17.7 Å². The Labute approximate surface area is 189 Å². The van der Waals surface area contributed by atoms with E-state index in [0.29, 0.717) is 32.2 Å². The number of nitrogens with two attached hydrogens (primary N) is 1. The molecular formula is C23H36N4O5. The molecule has 1 saturated heterocycles. The van der Waals surface area contributed by atoms with Gasteiger partial charge < -0.3 is 26.0 Å². The van der Waals surface area contributed by atoms with Crippen molar-refractivity contribution in [3.05, 3.63) is 12.2 Å². The molecule has 1 saturated carbocycles. The van der Waals surface area contributed by atoms with Gasteiger partial charge in [-0.25, -0.2) is 4.79 Å². The molecule has 3 aliphatic rings. The van der Waals surface area contributed by atoms with Gasteiger partial charge in [0.15, 0.2) is 0 Å². The lowest BCUT2D eigenvalue weighted by Gasteiger charge is -2.30. The number of nitrogens with zero attached hydrogens (tertiary/aromatic N) is 1. The first-order valence-corrected chi connectivity index (χ1v) is 11.6. The maximum Gasteiger partial charge on any atom is 0.408 e. The Morgan fingerprint density at radius 2 is 1.94 bits per heavy atom. The number of rotatable bonds is 2. The third-order valence-electron chi connectivity index (χ3n) is 6.36. The second-order valence-electron chi connectivity index (χ2n) is 10.1. The minimum atomic E-state index is -1.07. The van der Waals surface area contributed by atoms with Crippen LogP contribution in [0.15, 0.2) is 12.2 Å². The van der Waals surface area contributed by atoms with Gasteiger partial charge in [-0.1, -0.05) is 25.0 Å². The van der Waals surface area contributed by atoms with E-state index < -0.39 is 35.2 Å². The lowest BCUT2D eigenvalue weighted by Crippen LogP contribution is -2.57. The number of fused-ring (bicyclic) bond motifs is 2. The van der Waals surface area contributed by atoms with E-state index in [2.05, 4.69) is 10.6 Å². The van der Waals surface area contributed by atoms with Gasteiger partial charge in [-0.15, -0.1) is 0 Å². The molecule has 9 heteroatoms. The first kappa shape index (κ1) is 24.1. The fourth-order valence-corrected chi connectivity index (χ4v) is 4.57. The Morgan fingerprint density at radius 1 is 1.19 bits per heavy atom. The van der Waals surface area contributed by atoms with Crippen molar-refractivity contribution in [1.82, 2.24) is 15.5 Å². The number of carbonyl (C=O) groups excluding carboxylic acids is 4. The highest BCUT2D eigenvalue weighted by atomic mass is 16.6. The molecule has 9 nitrogen and oxygen atoms in total. The molecule has 0 bridgehead atoms. The summed E-state index contributed by atoms with van der Waals surface area (Å²) in [5, 5.41) is 5.56. The summed E-state index contributed by atoms with van der Waals surface area (Å²) in [6, 6.07) is -1.45. The van der Waals surface area contributed by atoms with Gasteiger partial charge in [-0.2, -0.15) is 0 Å². The summed E-state index contributed by atoms with van der Waals surface area (Å²) in [5.41, 5.74) is 3.88. The Hall–Kier alpha value is -2.58. The molecule has 0 aromatic heterocycles. The zero-order valence-electron chi connectivity index (χ0n) is 19.3. The lowest BCUT2D eigenvalue weighted by atomic mass is 10.0. The molecule has 0 spiro atoms. The molecule has 32 heavy (non-hydrogen) atoms. The van der Waals surface area contributed by atoms with Crippen molar-refractivity contribution in [3.8, 4) is 0 Å². The van der Waals surface area contributed by atoms with Gasteiger partial charge in [-0.3, -0.25) is 14.4 Å². The van der Waals surface area contributed by atoms with Crippen LogP contribution in [0.3, 0.4) is 0 Å². The van der Waals surface area contributed by atoms with Gasteiger partial charge in [0.1, 0.15) is 23.2 Å². The van der Waals surface area contributed by atoms with Crippen molar-refractivity contribution in [2.45, 2.75) is 95.4 Å². The number of amides is 4. The summed E-state index contributed by atoms with van der Waals surface area (Å²) in [5.74, 6) is -1.32. The van der Waals surface area contributed by atoms with Gasteiger partial charge in [0, 0.05) is 12.5 Å². The van der Waals surface area contributed by atoms with E-state index in [0.717, 1.165) is 25.7 Å². The van der Waals surface area contributed by atoms with Crippen LogP contribution in [-0.2, 0) is 19.1 Å². The molecule has 178 valence electrons. The zero-order chi connectivity index (χ0) is 23.5. The number of allylic oxidation sites excluding steroid dienone is 1. The largest absolute Gasteiger partial charge is 0.444 e. The summed E-state index contributed by atoms with van der Waals surface area (Å²) in [7, 11) is 0. The summed E-state index contributed by atoms with van der Waals surface area (Å²) < 4.78 is 5.35. The molecular weight excluding hydrogens is 412 g/mol. The number of alkyl carbamates (subject to hydrolysis) is 1. The highest BCUT2D eigenvalue weighted by Crippen LogP contribution is 2.45. The molecule has 4 atom stereocenters. The minimum Gasteiger partial charge on any atom is -0.444 e. The molecule has 3 rings (SSSR count). The van der Waals surface area contributed by atoms with Gasteiger partial charge >= 0.3 is 6.09 Å². The highest BCUT2D eigenvalue weighted by Gasteiger charge is 2.59. The lowest BCUT2D eigenvalue weighted by molar-refractivity contribution is -0.141. The Balaban J connectivity index is 1.79. The summed E-state index contributed by atoms with van der Waals surface area (Å²) >= 11 is 0. The monoisotopic (exact) mass is 448 g/mol. The van der Waals surface area contributed by atoms with Crippen LogP contribution in [0, 0.1) is 5.92 Å². The molecule has 4 unspecified atom stereocenters. The van der Waals surface area contributed by atoms with E-state index in [9.17, 15) is 19.2 Å². The van der Waals surface area contributed by atoms with Crippen LogP contribution < -0.4 is 16.4 Å². The fourth-order valence-electron chi connectivity index (χ4n) is 4.57. The number of primary amides is 1. The van der Waals surface area contributed by atoms with E-state index in [1.54, 1.807) is 20.8 Å². The van der Waals surface area contributed by atoms with Crippen molar-refractivity contribution in [1.29, 1.82) is 0 Å². The van der Waals surface area contributed by atoms with E-state index in [4.69, 9.17) is 10.5 Å². The number of hydrogen-bond donors (Lipinski definition) is 3. The van der Waals surface area contributed by atoms with Crippen LogP contribution >= 0.6 is 0 Å². The van der Waals surface area contributed by atoms with Crippen LogP contribution in [0.1, 0.15) is 72.1 Å². The standard InChI is InChI=1S/C23H36N4O5/c1-22(2,3)32-21(31)25-16-11-8-6-4-5-7-10-15-14-23(15,20(24)30)26-18(28)17-12-9-13-27(17)19(16)29/h7,10,15-17H,4-6,8-9,11-14H2,1-3H3,(H2,24,30)(H,25,31)(H,26,28). The fraction of sp³-hybridized carbons (Fsp3) is 0.739. The third-order valence-corrected chi connectivity index (χ3v) is 6.36. The SMILES string of the molecule is CC(C)(C)OC(=O)NC1CCCCCC=CC2CC2(C(N)=O)NC(=O)C2CCCN2C1=O. The van der Waals surface area contributed by atoms with E-state index in [1.165, 1.54) is 4.90 Å². The average molecular weight is 449 g/mol. The first-order chi connectivity index (χ1) is 15.0. The summed E-state index contributed by atoms with van der Waals surface area (Å²) in [6.45, 7) is 5.72. The molecule has 0 radical (unpaired) electrons. The van der Waals surface area contributed by atoms with Crippen molar-refractivity contribution >= 4 is 23.8 Å². The van der Waals surface area contributed by atoms with E-state index in [1.807, 2.05) is 12.2 Å². The van der Waals surface area contributed by atoms with Gasteiger partial charge in [0.2, 0.25) is 17.7 Å². The third kappa shape index (κ3) is 5.61. The van der Waals surface area contributed by atoms with Crippen LogP contribution in [0.5, 0.6) is 0 Å². The normalized spacial score (nSPS) is 31.5. The predicted octanol–water partition coefficient (Wildman–Crippen LogP) is 1.75. The Bertz CT molecular complexity index is 790. The Kier molecular flexibility index (Phi) is 7.15. The van der Waals surface area contributed by atoms with Crippen molar-refractivity contribution in [3.63, 3.8) is 0 Å². The second-order valence-corrected chi connectivity index (χ2v) is 10.1. The quantitative estimate of drug-likeness (QED) is 0.554. The molecule has 4 N–H and O–H groups in total. The van der Waals surface area contributed by atoms with Gasteiger partial charge in [-0.05, 0) is 59.3 Å². The first-order valence-electron chi connectivity index (χ1n) is 11.6. The maximum atomic E-state index is 13.4. The second kappa shape index (κ2) is 9.50. The molecule has 2 heterocycles. The molecule has 2 aliphatic heterocycles. The topological polar surface area (TPSA) is 131 Å².